The normalized spacial score (nSPS) is 15.0. The van der Waals surface area contributed by atoms with E-state index in [0.717, 1.165) is 22.6 Å². The fourth-order valence-corrected chi connectivity index (χ4v) is 3.74. The molecule has 0 unspecified atom stereocenters. The van der Waals surface area contributed by atoms with Gasteiger partial charge in [-0.2, -0.15) is 0 Å². The molecule has 0 atom stereocenters. The number of aryl methyl sites for hydroxylation is 1. The SMILES string of the molecule is CCCCCCCC(=O)N1CCN(C(=O)c2ccc(C)s2)CC1. The van der Waals surface area contributed by atoms with Crippen molar-refractivity contribution >= 4 is 23.2 Å². The maximum Gasteiger partial charge on any atom is 0.264 e. The van der Waals surface area contributed by atoms with Crippen LogP contribution in [0.15, 0.2) is 12.1 Å². The third-order valence-electron chi connectivity index (χ3n) is 4.36. The standard InChI is InChI=1S/C18H28N2O2S/c1-3-4-5-6-7-8-17(21)19-11-13-20(14-12-19)18(22)16-10-9-15(2)23-16/h9-10H,3-8,11-14H2,1-2H3. The van der Waals surface area contributed by atoms with Crippen LogP contribution in [-0.4, -0.2) is 47.8 Å². The topological polar surface area (TPSA) is 40.6 Å². The molecule has 0 aliphatic carbocycles. The first kappa shape index (κ1) is 18.0. The Morgan fingerprint density at radius 1 is 1.00 bits per heavy atom. The number of rotatable bonds is 7. The molecule has 2 rings (SSSR count). The minimum atomic E-state index is 0.106. The molecular weight excluding hydrogens is 308 g/mol. The minimum Gasteiger partial charge on any atom is -0.339 e. The summed E-state index contributed by atoms with van der Waals surface area (Å²) in [5, 5.41) is 0. The van der Waals surface area contributed by atoms with Crippen LogP contribution in [0.25, 0.3) is 0 Å². The zero-order valence-electron chi connectivity index (χ0n) is 14.3. The number of nitrogens with zero attached hydrogens (tertiary/aromatic N) is 2. The van der Waals surface area contributed by atoms with Crippen molar-refractivity contribution in [1.82, 2.24) is 9.80 Å². The molecule has 1 saturated heterocycles. The van der Waals surface area contributed by atoms with Gasteiger partial charge in [-0.25, -0.2) is 0 Å². The Bertz CT molecular complexity index is 519. The Kier molecular flexibility index (Phi) is 7.09. The first-order chi connectivity index (χ1) is 11.1. The van der Waals surface area contributed by atoms with Crippen molar-refractivity contribution in [3.05, 3.63) is 21.9 Å². The lowest BCUT2D eigenvalue weighted by atomic mass is 10.1. The van der Waals surface area contributed by atoms with E-state index in [9.17, 15) is 9.59 Å². The van der Waals surface area contributed by atoms with Crippen LogP contribution in [0.3, 0.4) is 0 Å². The maximum absolute atomic E-state index is 12.4. The fourth-order valence-electron chi connectivity index (χ4n) is 2.90. The molecule has 0 N–H and O–H groups in total. The molecule has 2 heterocycles. The smallest absolute Gasteiger partial charge is 0.264 e. The van der Waals surface area contributed by atoms with Gasteiger partial charge in [0.05, 0.1) is 4.88 Å². The van der Waals surface area contributed by atoms with Crippen LogP contribution in [0.4, 0.5) is 0 Å². The average molecular weight is 337 g/mol. The molecular formula is C18H28N2O2S. The van der Waals surface area contributed by atoms with E-state index in [0.29, 0.717) is 32.6 Å². The van der Waals surface area contributed by atoms with Crippen molar-refractivity contribution in [3.63, 3.8) is 0 Å². The van der Waals surface area contributed by atoms with Gasteiger partial charge in [-0.3, -0.25) is 9.59 Å². The monoisotopic (exact) mass is 336 g/mol. The number of hydrogen-bond acceptors (Lipinski definition) is 3. The number of unbranched alkanes of at least 4 members (excludes halogenated alkanes) is 4. The molecule has 0 saturated carbocycles. The molecule has 1 aliphatic heterocycles. The van der Waals surface area contributed by atoms with Gasteiger partial charge in [0.25, 0.3) is 5.91 Å². The number of carbonyl (C=O) groups excluding carboxylic acids is 2. The predicted molar refractivity (Wildman–Crippen MR) is 94.9 cm³/mol. The van der Waals surface area contributed by atoms with Gasteiger partial charge in [0, 0.05) is 37.5 Å². The summed E-state index contributed by atoms with van der Waals surface area (Å²) in [4.78, 5) is 30.4. The van der Waals surface area contributed by atoms with Crippen molar-refractivity contribution in [2.24, 2.45) is 0 Å². The highest BCUT2D eigenvalue weighted by Gasteiger charge is 2.25. The molecule has 1 aliphatic rings. The largest absolute Gasteiger partial charge is 0.339 e. The van der Waals surface area contributed by atoms with E-state index < -0.39 is 0 Å². The summed E-state index contributed by atoms with van der Waals surface area (Å²) in [6, 6.07) is 3.88. The second kappa shape index (κ2) is 9.06. The summed E-state index contributed by atoms with van der Waals surface area (Å²) in [6.07, 6.45) is 6.52. The molecule has 0 spiro atoms. The van der Waals surface area contributed by atoms with Gasteiger partial charge in [0.2, 0.25) is 5.91 Å². The van der Waals surface area contributed by atoms with Gasteiger partial charge < -0.3 is 9.80 Å². The zero-order chi connectivity index (χ0) is 16.7. The second-order valence-corrected chi connectivity index (χ2v) is 7.54. The van der Waals surface area contributed by atoms with Gasteiger partial charge in [0.1, 0.15) is 0 Å². The van der Waals surface area contributed by atoms with E-state index >= 15 is 0 Å². The number of thiophene rings is 1. The van der Waals surface area contributed by atoms with Crippen LogP contribution >= 0.6 is 11.3 Å². The van der Waals surface area contributed by atoms with Crippen LogP contribution in [-0.2, 0) is 4.79 Å². The quantitative estimate of drug-likeness (QED) is 0.712. The van der Waals surface area contributed by atoms with Crippen LogP contribution in [0.2, 0.25) is 0 Å². The molecule has 128 valence electrons. The third-order valence-corrected chi connectivity index (χ3v) is 5.35. The van der Waals surface area contributed by atoms with E-state index in [2.05, 4.69) is 6.92 Å². The Hall–Kier alpha value is -1.36. The predicted octanol–water partition coefficient (Wildman–Crippen LogP) is 3.70. The maximum atomic E-state index is 12.4. The lowest BCUT2D eigenvalue weighted by Crippen LogP contribution is -2.50. The van der Waals surface area contributed by atoms with Crippen LogP contribution in [0.5, 0.6) is 0 Å². The molecule has 1 fully saturated rings. The van der Waals surface area contributed by atoms with Gasteiger partial charge in [-0.15, -0.1) is 11.3 Å². The summed E-state index contributed by atoms with van der Waals surface area (Å²) >= 11 is 1.54. The number of hydrogen-bond donors (Lipinski definition) is 0. The summed E-state index contributed by atoms with van der Waals surface area (Å²) in [6.45, 7) is 6.85. The summed E-state index contributed by atoms with van der Waals surface area (Å²) < 4.78 is 0. The number of carbonyl (C=O) groups is 2. The first-order valence-corrected chi connectivity index (χ1v) is 9.57. The Morgan fingerprint density at radius 3 is 2.26 bits per heavy atom. The van der Waals surface area contributed by atoms with E-state index in [1.165, 1.54) is 19.3 Å². The van der Waals surface area contributed by atoms with Crippen molar-refractivity contribution in [1.29, 1.82) is 0 Å². The van der Waals surface area contributed by atoms with Crippen LogP contribution < -0.4 is 0 Å². The van der Waals surface area contributed by atoms with Gasteiger partial charge in [0.15, 0.2) is 0 Å². The Labute approximate surface area is 143 Å². The highest BCUT2D eigenvalue weighted by Crippen LogP contribution is 2.18. The van der Waals surface area contributed by atoms with Gasteiger partial charge >= 0.3 is 0 Å². The summed E-state index contributed by atoms with van der Waals surface area (Å²) in [7, 11) is 0. The molecule has 0 radical (unpaired) electrons. The second-order valence-electron chi connectivity index (χ2n) is 6.25. The lowest BCUT2D eigenvalue weighted by molar-refractivity contribution is -0.132. The minimum absolute atomic E-state index is 0.106. The van der Waals surface area contributed by atoms with Crippen molar-refractivity contribution in [3.8, 4) is 0 Å². The van der Waals surface area contributed by atoms with Crippen molar-refractivity contribution < 1.29 is 9.59 Å². The molecule has 23 heavy (non-hydrogen) atoms. The van der Waals surface area contributed by atoms with E-state index in [1.54, 1.807) is 11.3 Å². The number of amides is 2. The molecule has 1 aromatic heterocycles. The first-order valence-electron chi connectivity index (χ1n) is 8.75. The Balaban J connectivity index is 1.71. The average Bonchev–Trinajstić information content (AvgIpc) is 3.00. The summed E-state index contributed by atoms with van der Waals surface area (Å²) in [5.74, 6) is 0.357. The Morgan fingerprint density at radius 2 is 1.65 bits per heavy atom. The van der Waals surface area contributed by atoms with Crippen molar-refractivity contribution in [2.45, 2.75) is 52.4 Å². The molecule has 4 nitrogen and oxygen atoms in total. The fraction of sp³-hybridized carbons (Fsp3) is 0.667. The molecule has 0 bridgehead atoms. The van der Waals surface area contributed by atoms with Crippen LogP contribution in [0.1, 0.15) is 60.0 Å². The van der Waals surface area contributed by atoms with E-state index in [4.69, 9.17) is 0 Å². The van der Waals surface area contributed by atoms with Gasteiger partial charge in [-0.05, 0) is 25.5 Å². The lowest BCUT2D eigenvalue weighted by Gasteiger charge is -2.34. The molecule has 2 amide bonds. The van der Waals surface area contributed by atoms with E-state index in [-0.39, 0.29) is 11.8 Å². The van der Waals surface area contributed by atoms with E-state index in [1.807, 2.05) is 28.9 Å². The van der Waals surface area contributed by atoms with Crippen molar-refractivity contribution in [2.75, 3.05) is 26.2 Å². The highest BCUT2D eigenvalue weighted by molar-refractivity contribution is 7.13. The number of piperazine rings is 1. The van der Waals surface area contributed by atoms with Crippen LogP contribution in [0, 0.1) is 6.92 Å². The third kappa shape index (κ3) is 5.34. The molecule has 1 aromatic rings. The zero-order valence-corrected chi connectivity index (χ0v) is 15.2. The summed E-state index contributed by atoms with van der Waals surface area (Å²) in [5.41, 5.74) is 0. The molecule has 5 heteroatoms. The highest BCUT2D eigenvalue weighted by atomic mass is 32.1. The molecule has 0 aromatic carbocycles. The van der Waals surface area contributed by atoms with Gasteiger partial charge in [-0.1, -0.05) is 32.6 Å².